The molecule has 2 aromatic rings. The number of para-hydroxylation sites is 2. The van der Waals surface area contributed by atoms with E-state index in [4.69, 9.17) is 16.3 Å². The lowest BCUT2D eigenvalue weighted by Gasteiger charge is -2.36. The molecule has 0 aliphatic carbocycles. The van der Waals surface area contributed by atoms with Gasteiger partial charge in [-0.15, -0.1) is 0 Å². The van der Waals surface area contributed by atoms with Crippen LogP contribution in [0.25, 0.3) is 0 Å². The Labute approximate surface area is 164 Å². The summed E-state index contributed by atoms with van der Waals surface area (Å²) in [5.41, 5.74) is 1.50. The summed E-state index contributed by atoms with van der Waals surface area (Å²) in [4.78, 5) is 16.8. The Balaban J connectivity index is 1.43. The van der Waals surface area contributed by atoms with Crippen LogP contribution in [-0.4, -0.2) is 61.1 Å². The first-order valence-electron chi connectivity index (χ1n) is 9.16. The van der Waals surface area contributed by atoms with Crippen molar-refractivity contribution in [2.24, 2.45) is 7.05 Å². The fourth-order valence-electron chi connectivity index (χ4n) is 3.33. The number of nitrogens with one attached hydrogen (secondary N) is 1. The topological polar surface area (TPSA) is 62.6 Å². The zero-order chi connectivity index (χ0) is 19.2. The maximum absolute atomic E-state index is 12.0. The van der Waals surface area contributed by atoms with Crippen LogP contribution in [0.15, 0.2) is 35.1 Å². The lowest BCUT2D eigenvalue weighted by molar-refractivity contribution is 0.256. The molecule has 0 amide bonds. The number of methoxy groups -OCH3 is 1. The van der Waals surface area contributed by atoms with Gasteiger partial charge in [0.25, 0.3) is 5.56 Å². The van der Waals surface area contributed by atoms with Gasteiger partial charge < -0.3 is 15.0 Å². The van der Waals surface area contributed by atoms with E-state index in [0.717, 1.165) is 57.1 Å². The molecule has 7 nitrogen and oxygen atoms in total. The molecule has 0 unspecified atom stereocenters. The van der Waals surface area contributed by atoms with Gasteiger partial charge >= 0.3 is 0 Å². The molecule has 1 aliphatic heterocycles. The number of halogens is 1. The molecule has 0 atom stereocenters. The van der Waals surface area contributed by atoms with Crippen LogP contribution in [0.5, 0.6) is 5.75 Å². The van der Waals surface area contributed by atoms with E-state index in [1.54, 1.807) is 20.2 Å². The van der Waals surface area contributed by atoms with Crippen molar-refractivity contribution in [3.63, 3.8) is 0 Å². The van der Waals surface area contributed by atoms with E-state index >= 15 is 0 Å². The van der Waals surface area contributed by atoms with Gasteiger partial charge in [0.15, 0.2) is 5.15 Å². The van der Waals surface area contributed by atoms with Gasteiger partial charge in [0, 0.05) is 45.8 Å². The number of hydrogen-bond donors (Lipinski definition) is 1. The molecule has 27 heavy (non-hydrogen) atoms. The van der Waals surface area contributed by atoms with Crippen molar-refractivity contribution < 1.29 is 4.74 Å². The number of benzene rings is 1. The SMILES string of the molecule is COc1ccccc1N1CCN(CCCNc2cc(Cl)nn(C)c2=O)CC1. The zero-order valence-corrected chi connectivity index (χ0v) is 16.6. The normalized spacial score (nSPS) is 15.0. The van der Waals surface area contributed by atoms with Crippen LogP contribution >= 0.6 is 11.6 Å². The Morgan fingerprint density at radius 1 is 1.22 bits per heavy atom. The molecule has 1 aromatic heterocycles. The van der Waals surface area contributed by atoms with Gasteiger partial charge in [0.05, 0.1) is 12.8 Å². The summed E-state index contributed by atoms with van der Waals surface area (Å²) in [6.45, 7) is 5.71. The minimum Gasteiger partial charge on any atom is -0.495 e. The van der Waals surface area contributed by atoms with E-state index in [2.05, 4.69) is 26.3 Å². The quantitative estimate of drug-likeness (QED) is 0.729. The third-order valence-corrected chi connectivity index (χ3v) is 4.98. The van der Waals surface area contributed by atoms with Crippen molar-refractivity contribution in [1.29, 1.82) is 0 Å². The third-order valence-electron chi connectivity index (χ3n) is 4.80. The third kappa shape index (κ3) is 4.93. The Bertz CT molecular complexity index is 818. The van der Waals surface area contributed by atoms with E-state index in [9.17, 15) is 4.79 Å². The Kier molecular flexibility index (Phi) is 6.58. The maximum atomic E-state index is 12.0. The summed E-state index contributed by atoms with van der Waals surface area (Å²) < 4.78 is 6.72. The molecule has 0 bridgehead atoms. The lowest BCUT2D eigenvalue weighted by atomic mass is 10.2. The highest BCUT2D eigenvalue weighted by molar-refractivity contribution is 6.29. The first-order valence-corrected chi connectivity index (χ1v) is 9.54. The standard InChI is InChI=1S/C19H26ClN5O2/c1-23-19(26)15(14-18(20)22-23)21-8-5-9-24-10-12-25(13-11-24)16-6-3-4-7-17(16)27-2/h3-4,6-7,14,21H,5,8-13H2,1-2H3. The summed E-state index contributed by atoms with van der Waals surface area (Å²) in [5, 5.41) is 7.37. The maximum Gasteiger partial charge on any atom is 0.289 e. The molecule has 1 saturated heterocycles. The number of anilines is 2. The number of piperazine rings is 1. The number of rotatable bonds is 7. The Morgan fingerprint density at radius 3 is 2.70 bits per heavy atom. The second kappa shape index (κ2) is 9.10. The summed E-state index contributed by atoms with van der Waals surface area (Å²) in [5.74, 6) is 0.924. The summed E-state index contributed by atoms with van der Waals surface area (Å²) >= 11 is 5.91. The minimum atomic E-state index is -0.162. The van der Waals surface area contributed by atoms with Crippen molar-refractivity contribution >= 4 is 23.0 Å². The highest BCUT2D eigenvalue weighted by Gasteiger charge is 2.19. The van der Waals surface area contributed by atoms with Gasteiger partial charge in [-0.25, -0.2) is 4.68 Å². The molecule has 1 aliphatic rings. The highest BCUT2D eigenvalue weighted by atomic mass is 35.5. The predicted molar refractivity (Wildman–Crippen MR) is 109 cm³/mol. The van der Waals surface area contributed by atoms with E-state index < -0.39 is 0 Å². The molecule has 8 heteroatoms. The Morgan fingerprint density at radius 2 is 1.96 bits per heavy atom. The zero-order valence-electron chi connectivity index (χ0n) is 15.8. The summed E-state index contributed by atoms with van der Waals surface area (Å²) in [6.07, 6.45) is 0.956. The molecule has 0 saturated carbocycles. The molecular formula is C19H26ClN5O2. The molecule has 1 fully saturated rings. The average Bonchev–Trinajstić information content (AvgIpc) is 2.69. The molecule has 0 spiro atoms. The summed E-state index contributed by atoms with van der Waals surface area (Å²) in [6, 6.07) is 9.73. The van der Waals surface area contributed by atoms with Crippen LogP contribution < -0.4 is 20.5 Å². The average molecular weight is 392 g/mol. The van der Waals surface area contributed by atoms with Crippen LogP contribution in [0.4, 0.5) is 11.4 Å². The van der Waals surface area contributed by atoms with Crippen LogP contribution in [0.1, 0.15) is 6.42 Å². The second-order valence-corrected chi connectivity index (χ2v) is 6.98. The fraction of sp³-hybridized carbons (Fsp3) is 0.474. The minimum absolute atomic E-state index is 0.162. The molecular weight excluding hydrogens is 366 g/mol. The Hall–Kier alpha value is -2.25. The largest absolute Gasteiger partial charge is 0.495 e. The number of aromatic nitrogens is 2. The van der Waals surface area contributed by atoms with E-state index in [-0.39, 0.29) is 5.56 Å². The molecule has 3 rings (SSSR count). The highest BCUT2D eigenvalue weighted by Crippen LogP contribution is 2.28. The summed E-state index contributed by atoms with van der Waals surface area (Å²) in [7, 11) is 3.31. The van der Waals surface area contributed by atoms with Gasteiger partial charge in [-0.05, 0) is 25.1 Å². The fourth-order valence-corrected chi connectivity index (χ4v) is 3.55. The van der Waals surface area contributed by atoms with E-state index in [1.807, 2.05) is 18.2 Å². The van der Waals surface area contributed by atoms with E-state index in [0.29, 0.717) is 10.8 Å². The first-order chi connectivity index (χ1) is 13.1. The van der Waals surface area contributed by atoms with Crippen LogP contribution in [0, 0.1) is 0 Å². The second-order valence-electron chi connectivity index (χ2n) is 6.59. The van der Waals surface area contributed by atoms with E-state index in [1.165, 1.54) is 4.68 Å². The van der Waals surface area contributed by atoms with Crippen LogP contribution in [-0.2, 0) is 7.05 Å². The van der Waals surface area contributed by atoms with Crippen molar-refractivity contribution in [3.05, 3.63) is 45.8 Å². The first kappa shape index (κ1) is 19.5. The molecule has 1 aromatic carbocycles. The number of ether oxygens (including phenoxy) is 1. The van der Waals surface area contributed by atoms with Crippen molar-refractivity contribution in [1.82, 2.24) is 14.7 Å². The van der Waals surface area contributed by atoms with Gasteiger partial charge in [0.1, 0.15) is 11.4 Å². The number of nitrogens with zero attached hydrogens (tertiary/aromatic N) is 4. The van der Waals surface area contributed by atoms with Gasteiger partial charge in [-0.1, -0.05) is 23.7 Å². The number of aryl methyl sites for hydroxylation is 1. The van der Waals surface area contributed by atoms with Crippen LogP contribution in [0.3, 0.4) is 0 Å². The number of hydrogen-bond acceptors (Lipinski definition) is 6. The molecule has 2 heterocycles. The van der Waals surface area contributed by atoms with Crippen molar-refractivity contribution in [2.45, 2.75) is 6.42 Å². The molecule has 1 N–H and O–H groups in total. The smallest absolute Gasteiger partial charge is 0.289 e. The van der Waals surface area contributed by atoms with Crippen molar-refractivity contribution in [3.8, 4) is 5.75 Å². The van der Waals surface area contributed by atoms with Gasteiger partial charge in [0.2, 0.25) is 0 Å². The molecule has 0 radical (unpaired) electrons. The van der Waals surface area contributed by atoms with Crippen molar-refractivity contribution in [2.75, 3.05) is 56.6 Å². The lowest BCUT2D eigenvalue weighted by Crippen LogP contribution is -2.47. The van der Waals surface area contributed by atoms with Gasteiger partial charge in [-0.3, -0.25) is 9.69 Å². The monoisotopic (exact) mass is 391 g/mol. The molecule has 146 valence electrons. The van der Waals surface area contributed by atoms with Gasteiger partial charge in [-0.2, -0.15) is 5.10 Å². The van der Waals surface area contributed by atoms with Crippen LogP contribution in [0.2, 0.25) is 5.15 Å². The predicted octanol–water partition coefficient (Wildman–Crippen LogP) is 2.07.